The highest BCUT2D eigenvalue weighted by atomic mass is 16.7. The molecule has 1 aliphatic rings. The molecular formula is C27H29N3O8. The first-order valence-corrected chi connectivity index (χ1v) is 12.2. The summed E-state index contributed by atoms with van der Waals surface area (Å²) in [5.74, 6) is 1.05. The maximum Gasteiger partial charge on any atom is 0.270 e. The van der Waals surface area contributed by atoms with Gasteiger partial charge in [0.25, 0.3) is 11.6 Å². The number of nitro benzene ring substituents is 1. The number of rotatable bonds is 13. The van der Waals surface area contributed by atoms with Crippen LogP contribution >= 0.6 is 0 Å². The third-order valence-corrected chi connectivity index (χ3v) is 5.93. The Hall–Kier alpha value is -4.38. The van der Waals surface area contributed by atoms with Crippen LogP contribution in [0.2, 0.25) is 0 Å². The molecule has 2 heterocycles. The minimum absolute atomic E-state index is 0.136. The lowest BCUT2D eigenvalue weighted by Crippen LogP contribution is -2.43. The molecular weight excluding hydrogens is 494 g/mol. The van der Waals surface area contributed by atoms with Crippen molar-refractivity contribution in [2.45, 2.75) is 26.4 Å². The van der Waals surface area contributed by atoms with Crippen molar-refractivity contribution in [1.82, 2.24) is 9.80 Å². The molecule has 0 fully saturated rings. The summed E-state index contributed by atoms with van der Waals surface area (Å²) in [6.07, 6.45) is 2.03. The summed E-state index contributed by atoms with van der Waals surface area (Å²) < 4.78 is 21.7. The van der Waals surface area contributed by atoms with E-state index in [9.17, 15) is 19.7 Å². The quantitative estimate of drug-likeness (QED) is 0.187. The molecule has 1 aliphatic heterocycles. The SMILES string of the molecule is CCOCCCN(CC(=O)N(Cc1ccc2c(c1)OCO2)Cc1ccco1)C(=O)c1cccc([N+](=O)[O-])c1. The van der Waals surface area contributed by atoms with E-state index in [1.54, 1.807) is 23.1 Å². The van der Waals surface area contributed by atoms with E-state index in [0.717, 1.165) is 5.56 Å². The Labute approximate surface area is 219 Å². The second-order valence-corrected chi connectivity index (χ2v) is 8.60. The van der Waals surface area contributed by atoms with Crippen LogP contribution in [0.4, 0.5) is 5.69 Å². The number of hydrogen-bond acceptors (Lipinski definition) is 8. The topological polar surface area (TPSA) is 125 Å². The molecule has 0 unspecified atom stereocenters. The monoisotopic (exact) mass is 523 g/mol. The van der Waals surface area contributed by atoms with Crippen molar-refractivity contribution in [3.8, 4) is 11.5 Å². The maximum absolute atomic E-state index is 13.6. The fourth-order valence-corrected chi connectivity index (χ4v) is 4.04. The van der Waals surface area contributed by atoms with Crippen LogP contribution in [0.1, 0.15) is 35.0 Å². The zero-order valence-corrected chi connectivity index (χ0v) is 21.0. The molecule has 0 N–H and O–H groups in total. The molecule has 0 saturated heterocycles. The van der Waals surface area contributed by atoms with E-state index < -0.39 is 10.8 Å². The van der Waals surface area contributed by atoms with Gasteiger partial charge in [0.15, 0.2) is 11.5 Å². The van der Waals surface area contributed by atoms with Gasteiger partial charge in [-0.1, -0.05) is 12.1 Å². The first-order valence-electron chi connectivity index (χ1n) is 12.2. The molecule has 0 saturated carbocycles. The van der Waals surface area contributed by atoms with Crippen LogP contribution in [0, 0.1) is 10.1 Å². The minimum atomic E-state index is -0.558. The summed E-state index contributed by atoms with van der Waals surface area (Å²) in [6.45, 7) is 3.42. The fourth-order valence-electron chi connectivity index (χ4n) is 4.04. The number of benzene rings is 2. The van der Waals surface area contributed by atoms with Gasteiger partial charge in [0, 0.05) is 44.0 Å². The zero-order valence-electron chi connectivity index (χ0n) is 21.0. The molecule has 4 rings (SSSR count). The first kappa shape index (κ1) is 26.7. The summed E-state index contributed by atoms with van der Waals surface area (Å²) >= 11 is 0. The van der Waals surface area contributed by atoms with E-state index in [0.29, 0.717) is 36.9 Å². The molecule has 1 aromatic heterocycles. The van der Waals surface area contributed by atoms with Crippen molar-refractivity contribution < 1.29 is 33.1 Å². The van der Waals surface area contributed by atoms with Gasteiger partial charge in [0.05, 0.1) is 17.7 Å². The molecule has 0 aliphatic carbocycles. The van der Waals surface area contributed by atoms with Crippen molar-refractivity contribution >= 4 is 17.5 Å². The normalized spacial score (nSPS) is 11.8. The van der Waals surface area contributed by atoms with E-state index >= 15 is 0 Å². The van der Waals surface area contributed by atoms with Gasteiger partial charge in [-0.05, 0) is 49.2 Å². The van der Waals surface area contributed by atoms with Gasteiger partial charge in [-0.25, -0.2) is 0 Å². The number of carbonyl (C=O) groups excluding carboxylic acids is 2. The molecule has 0 bridgehead atoms. The predicted octanol–water partition coefficient (Wildman–Crippen LogP) is 4.01. The summed E-state index contributed by atoms with van der Waals surface area (Å²) in [5, 5.41) is 11.2. The lowest BCUT2D eigenvalue weighted by molar-refractivity contribution is -0.384. The molecule has 2 aromatic carbocycles. The largest absolute Gasteiger partial charge is 0.467 e. The lowest BCUT2D eigenvalue weighted by atomic mass is 10.1. The molecule has 11 heteroatoms. The molecule has 38 heavy (non-hydrogen) atoms. The second kappa shape index (κ2) is 12.7. The summed E-state index contributed by atoms with van der Waals surface area (Å²) in [4.78, 5) is 40.7. The van der Waals surface area contributed by atoms with Crippen molar-refractivity contribution in [2.24, 2.45) is 0 Å². The van der Waals surface area contributed by atoms with Crippen LogP contribution in [-0.4, -0.2) is 59.6 Å². The third-order valence-electron chi connectivity index (χ3n) is 5.93. The van der Waals surface area contributed by atoms with E-state index in [1.807, 2.05) is 19.1 Å². The van der Waals surface area contributed by atoms with Gasteiger partial charge in [0.1, 0.15) is 12.3 Å². The molecule has 0 radical (unpaired) electrons. The van der Waals surface area contributed by atoms with E-state index in [-0.39, 0.29) is 50.1 Å². The van der Waals surface area contributed by atoms with Crippen molar-refractivity contribution in [1.29, 1.82) is 0 Å². The molecule has 200 valence electrons. The Morgan fingerprint density at radius 3 is 2.63 bits per heavy atom. The van der Waals surface area contributed by atoms with Crippen LogP contribution in [0.25, 0.3) is 0 Å². The number of non-ortho nitro benzene ring substituents is 1. The van der Waals surface area contributed by atoms with Gasteiger partial charge >= 0.3 is 0 Å². The lowest BCUT2D eigenvalue weighted by Gasteiger charge is -2.27. The van der Waals surface area contributed by atoms with Gasteiger partial charge in [-0.2, -0.15) is 0 Å². The fraction of sp³-hybridized carbons (Fsp3) is 0.333. The second-order valence-electron chi connectivity index (χ2n) is 8.60. The number of carbonyl (C=O) groups is 2. The number of amides is 2. The third kappa shape index (κ3) is 6.88. The highest BCUT2D eigenvalue weighted by Gasteiger charge is 2.25. The molecule has 0 atom stereocenters. The minimum Gasteiger partial charge on any atom is -0.467 e. The highest BCUT2D eigenvalue weighted by molar-refractivity contribution is 5.97. The molecule has 11 nitrogen and oxygen atoms in total. The average molecular weight is 524 g/mol. The number of furan rings is 1. The standard InChI is InChI=1S/C27H29N3O8/c1-2-35-12-5-11-28(27(32)21-6-3-7-22(15-21)30(33)34)18-26(31)29(17-23-8-4-13-36-23)16-20-9-10-24-25(14-20)38-19-37-24/h3-4,6-10,13-15H,2,5,11-12,16-19H2,1H3. The van der Waals surface area contributed by atoms with Crippen molar-refractivity contribution in [3.63, 3.8) is 0 Å². The summed E-state index contributed by atoms with van der Waals surface area (Å²) in [5.41, 5.74) is 0.762. The van der Waals surface area contributed by atoms with Crippen LogP contribution in [0.3, 0.4) is 0 Å². The highest BCUT2D eigenvalue weighted by Crippen LogP contribution is 2.33. The molecule has 2 amide bonds. The maximum atomic E-state index is 13.6. The van der Waals surface area contributed by atoms with Gasteiger partial charge in [-0.15, -0.1) is 0 Å². The Kier molecular flexibility index (Phi) is 8.94. The Morgan fingerprint density at radius 2 is 1.87 bits per heavy atom. The summed E-state index contributed by atoms with van der Waals surface area (Å²) in [6, 6.07) is 14.5. The van der Waals surface area contributed by atoms with E-state index in [2.05, 4.69) is 0 Å². The van der Waals surface area contributed by atoms with E-state index in [1.165, 1.54) is 35.4 Å². The Morgan fingerprint density at radius 1 is 1.03 bits per heavy atom. The Balaban J connectivity index is 1.54. The predicted molar refractivity (Wildman–Crippen MR) is 136 cm³/mol. The van der Waals surface area contributed by atoms with Gasteiger partial charge < -0.3 is 28.4 Å². The van der Waals surface area contributed by atoms with E-state index in [4.69, 9.17) is 18.6 Å². The summed E-state index contributed by atoms with van der Waals surface area (Å²) in [7, 11) is 0. The number of hydrogen-bond donors (Lipinski definition) is 0. The smallest absolute Gasteiger partial charge is 0.270 e. The van der Waals surface area contributed by atoms with Gasteiger partial charge in [-0.3, -0.25) is 19.7 Å². The molecule has 0 spiro atoms. The van der Waals surface area contributed by atoms with Crippen LogP contribution < -0.4 is 9.47 Å². The Bertz CT molecular complexity index is 1260. The van der Waals surface area contributed by atoms with Crippen molar-refractivity contribution in [3.05, 3.63) is 87.9 Å². The van der Waals surface area contributed by atoms with Crippen LogP contribution in [-0.2, 0) is 22.6 Å². The van der Waals surface area contributed by atoms with Gasteiger partial charge in [0.2, 0.25) is 12.7 Å². The van der Waals surface area contributed by atoms with Crippen molar-refractivity contribution in [2.75, 3.05) is 33.1 Å². The number of fused-ring (bicyclic) bond motifs is 1. The van der Waals surface area contributed by atoms with Crippen LogP contribution in [0.5, 0.6) is 11.5 Å². The number of nitro groups is 1. The number of ether oxygens (including phenoxy) is 3. The molecule has 3 aromatic rings. The van der Waals surface area contributed by atoms with Crippen LogP contribution in [0.15, 0.2) is 65.3 Å². The average Bonchev–Trinajstić information content (AvgIpc) is 3.61. The zero-order chi connectivity index (χ0) is 26.9. The number of nitrogens with zero attached hydrogens (tertiary/aromatic N) is 3. The first-order chi connectivity index (χ1) is 18.4.